The van der Waals surface area contributed by atoms with Gasteiger partial charge in [-0.25, -0.2) is 4.98 Å². The van der Waals surface area contributed by atoms with Crippen LogP contribution in [0.4, 0.5) is 0 Å². The first-order chi connectivity index (χ1) is 7.79. The lowest BCUT2D eigenvalue weighted by Crippen LogP contribution is -2.49. The molecule has 1 N–H and O–H groups in total. The van der Waals surface area contributed by atoms with Crippen LogP contribution < -0.4 is 10.1 Å². The quantitative estimate of drug-likeness (QED) is 0.822. The minimum atomic E-state index is 0.571. The molecule has 0 aliphatic carbocycles. The number of hydrogen-bond donors (Lipinski definition) is 1. The van der Waals surface area contributed by atoms with Crippen molar-refractivity contribution in [3.8, 4) is 5.88 Å². The number of pyridine rings is 1. The number of nitrogens with one attached hydrogen (secondary N) is 1. The minimum Gasteiger partial charge on any atom is -0.481 e. The van der Waals surface area contributed by atoms with Gasteiger partial charge < -0.3 is 10.1 Å². The average molecular weight is 221 g/mol. The maximum Gasteiger partial charge on any atom is 0.213 e. The Kier molecular flexibility index (Phi) is 3.74. The molecule has 0 spiro atoms. The number of methoxy groups -OCH3 is 1. The molecule has 0 bridgehead atoms. The Morgan fingerprint density at radius 3 is 3.19 bits per heavy atom. The first-order valence-electron chi connectivity index (χ1n) is 5.74. The Morgan fingerprint density at radius 2 is 2.44 bits per heavy atom. The maximum atomic E-state index is 5.13. The van der Waals surface area contributed by atoms with E-state index >= 15 is 0 Å². The van der Waals surface area contributed by atoms with Gasteiger partial charge in [-0.1, -0.05) is 6.07 Å². The van der Waals surface area contributed by atoms with Crippen LogP contribution in [0.2, 0.25) is 0 Å². The van der Waals surface area contributed by atoms with Gasteiger partial charge in [-0.2, -0.15) is 0 Å². The van der Waals surface area contributed by atoms with Gasteiger partial charge in [0.05, 0.1) is 12.8 Å². The first kappa shape index (κ1) is 11.4. The molecule has 2 rings (SSSR count). The lowest BCUT2D eigenvalue weighted by molar-refractivity contribution is 0.163. The number of rotatable bonds is 3. The van der Waals surface area contributed by atoms with Gasteiger partial charge in [-0.3, -0.25) is 4.90 Å². The van der Waals surface area contributed by atoms with Gasteiger partial charge in [0.15, 0.2) is 0 Å². The Labute approximate surface area is 96.6 Å². The molecule has 1 aliphatic rings. The fourth-order valence-electron chi connectivity index (χ4n) is 1.99. The Bertz CT molecular complexity index is 343. The van der Waals surface area contributed by atoms with Gasteiger partial charge in [-0.15, -0.1) is 0 Å². The summed E-state index contributed by atoms with van der Waals surface area (Å²) in [6, 6.07) is 6.50. The largest absolute Gasteiger partial charge is 0.481 e. The summed E-state index contributed by atoms with van der Waals surface area (Å²) in [6.07, 6.45) is 0. The molecule has 1 fully saturated rings. The molecule has 1 aromatic heterocycles. The van der Waals surface area contributed by atoms with Crippen LogP contribution in [0.15, 0.2) is 18.2 Å². The highest BCUT2D eigenvalue weighted by atomic mass is 16.5. The molecule has 16 heavy (non-hydrogen) atoms. The topological polar surface area (TPSA) is 37.4 Å². The highest BCUT2D eigenvalue weighted by Crippen LogP contribution is 2.11. The van der Waals surface area contributed by atoms with E-state index in [1.54, 1.807) is 7.11 Å². The Balaban J connectivity index is 2.01. The van der Waals surface area contributed by atoms with Crippen LogP contribution >= 0.6 is 0 Å². The van der Waals surface area contributed by atoms with E-state index in [2.05, 4.69) is 28.2 Å². The zero-order valence-corrected chi connectivity index (χ0v) is 9.94. The van der Waals surface area contributed by atoms with E-state index in [1.165, 1.54) is 0 Å². The summed E-state index contributed by atoms with van der Waals surface area (Å²) in [5.41, 5.74) is 1.08. The third-order valence-electron chi connectivity index (χ3n) is 2.99. The van der Waals surface area contributed by atoms with Crippen LogP contribution in [0, 0.1) is 0 Å². The van der Waals surface area contributed by atoms with E-state index in [0.717, 1.165) is 31.9 Å². The summed E-state index contributed by atoms with van der Waals surface area (Å²) in [5.74, 6) is 0.695. The van der Waals surface area contributed by atoms with Crippen molar-refractivity contribution in [3.63, 3.8) is 0 Å². The van der Waals surface area contributed by atoms with Crippen molar-refractivity contribution in [2.75, 3.05) is 26.7 Å². The van der Waals surface area contributed by atoms with E-state index in [0.29, 0.717) is 11.9 Å². The van der Waals surface area contributed by atoms with Crippen molar-refractivity contribution in [2.24, 2.45) is 0 Å². The molecule has 0 aromatic carbocycles. The van der Waals surface area contributed by atoms with Crippen LogP contribution in [0.5, 0.6) is 5.88 Å². The number of hydrogen-bond acceptors (Lipinski definition) is 4. The molecular formula is C12H19N3O. The van der Waals surface area contributed by atoms with Crippen LogP contribution in [0.3, 0.4) is 0 Å². The van der Waals surface area contributed by atoms with Crippen LogP contribution in [-0.4, -0.2) is 42.7 Å². The average Bonchev–Trinajstić information content (AvgIpc) is 2.32. The fraction of sp³-hybridized carbons (Fsp3) is 0.583. The van der Waals surface area contributed by atoms with Gasteiger partial charge in [0.2, 0.25) is 5.88 Å². The lowest BCUT2D eigenvalue weighted by atomic mass is 10.2. The van der Waals surface area contributed by atoms with Crippen LogP contribution in [-0.2, 0) is 6.54 Å². The van der Waals surface area contributed by atoms with Gasteiger partial charge in [0, 0.05) is 38.3 Å². The summed E-state index contributed by atoms with van der Waals surface area (Å²) in [5, 5.41) is 3.39. The van der Waals surface area contributed by atoms with Crippen molar-refractivity contribution in [3.05, 3.63) is 23.9 Å². The van der Waals surface area contributed by atoms with Crippen LogP contribution in [0.1, 0.15) is 12.6 Å². The zero-order chi connectivity index (χ0) is 11.4. The van der Waals surface area contributed by atoms with Crippen molar-refractivity contribution >= 4 is 0 Å². The molecule has 2 heterocycles. The smallest absolute Gasteiger partial charge is 0.213 e. The monoisotopic (exact) mass is 221 g/mol. The third kappa shape index (κ3) is 2.71. The van der Waals surface area contributed by atoms with E-state index in [4.69, 9.17) is 4.74 Å². The van der Waals surface area contributed by atoms with Crippen molar-refractivity contribution in [2.45, 2.75) is 19.5 Å². The minimum absolute atomic E-state index is 0.571. The second-order valence-electron chi connectivity index (χ2n) is 4.19. The second-order valence-corrected chi connectivity index (χ2v) is 4.19. The predicted octanol–water partition coefficient (Wildman–Crippen LogP) is 0.884. The fourth-order valence-corrected chi connectivity index (χ4v) is 1.99. The highest BCUT2D eigenvalue weighted by Gasteiger charge is 2.18. The lowest BCUT2D eigenvalue weighted by Gasteiger charge is -2.33. The molecule has 4 nitrogen and oxygen atoms in total. The maximum absolute atomic E-state index is 5.13. The normalized spacial score (nSPS) is 22.0. The summed E-state index contributed by atoms with van der Waals surface area (Å²) >= 11 is 0. The number of aromatic nitrogens is 1. The number of nitrogens with zero attached hydrogens (tertiary/aromatic N) is 2. The molecular weight excluding hydrogens is 202 g/mol. The second kappa shape index (κ2) is 5.27. The SMILES string of the molecule is COc1cccc(CN2CCNCC2C)n1. The molecule has 0 amide bonds. The summed E-state index contributed by atoms with van der Waals surface area (Å²) in [4.78, 5) is 6.88. The standard InChI is InChI=1S/C12H19N3O/c1-10-8-13-6-7-15(10)9-11-4-3-5-12(14-11)16-2/h3-5,10,13H,6-9H2,1-2H3. The van der Waals surface area contributed by atoms with E-state index in [-0.39, 0.29) is 0 Å². The van der Waals surface area contributed by atoms with Crippen molar-refractivity contribution in [1.82, 2.24) is 15.2 Å². The molecule has 0 saturated carbocycles. The van der Waals surface area contributed by atoms with Gasteiger partial charge in [-0.05, 0) is 13.0 Å². The van der Waals surface area contributed by atoms with E-state index in [9.17, 15) is 0 Å². The van der Waals surface area contributed by atoms with Gasteiger partial charge >= 0.3 is 0 Å². The molecule has 1 aromatic rings. The molecule has 88 valence electrons. The van der Waals surface area contributed by atoms with E-state index in [1.807, 2.05) is 12.1 Å². The molecule has 1 saturated heterocycles. The third-order valence-corrected chi connectivity index (χ3v) is 2.99. The molecule has 4 heteroatoms. The molecule has 1 atom stereocenters. The highest BCUT2D eigenvalue weighted by molar-refractivity contribution is 5.15. The molecule has 1 unspecified atom stereocenters. The van der Waals surface area contributed by atoms with Gasteiger partial charge in [0.1, 0.15) is 0 Å². The zero-order valence-electron chi connectivity index (χ0n) is 9.94. The summed E-state index contributed by atoms with van der Waals surface area (Å²) in [6.45, 7) is 6.35. The van der Waals surface area contributed by atoms with Crippen molar-refractivity contribution in [1.29, 1.82) is 0 Å². The summed E-state index contributed by atoms with van der Waals surface area (Å²) in [7, 11) is 1.65. The van der Waals surface area contributed by atoms with Gasteiger partial charge in [0.25, 0.3) is 0 Å². The Morgan fingerprint density at radius 1 is 1.56 bits per heavy atom. The van der Waals surface area contributed by atoms with E-state index < -0.39 is 0 Å². The summed E-state index contributed by atoms with van der Waals surface area (Å²) < 4.78 is 5.13. The molecule has 0 radical (unpaired) electrons. The molecule has 1 aliphatic heterocycles. The Hall–Kier alpha value is -1.13. The number of ether oxygens (including phenoxy) is 1. The first-order valence-corrected chi connectivity index (χ1v) is 5.74. The predicted molar refractivity (Wildman–Crippen MR) is 63.5 cm³/mol. The number of piperazine rings is 1. The van der Waals surface area contributed by atoms with Crippen molar-refractivity contribution < 1.29 is 4.74 Å². The van der Waals surface area contributed by atoms with Crippen LogP contribution in [0.25, 0.3) is 0 Å².